The molecule has 174 valence electrons. The maximum Gasteiger partial charge on any atom is 1.00 e. The molecule has 0 aromatic heterocycles. The van der Waals surface area contributed by atoms with Gasteiger partial charge in [0.1, 0.15) is 10.6 Å². The van der Waals surface area contributed by atoms with Gasteiger partial charge in [0.15, 0.2) is 0 Å². The number of benzene rings is 2. The van der Waals surface area contributed by atoms with Gasteiger partial charge in [-0.1, -0.05) is 11.6 Å². The van der Waals surface area contributed by atoms with Crippen LogP contribution in [-0.2, 0) is 20.2 Å². The monoisotopic (exact) mass is 566 g/mol. The molecule has 0 aliphatic heterocycles. The van der Waals surface area contributed by atoms with Crippen LogP contribution in [0.5, 0.6) is 0 Å². The molecule has 0 saturated carbocycles. The molecule has 0 bridgehead atoms. The van der Waals surface area contributed by atoms with Crippen LogP contribution in [0.15, 0.2) is 55.3 Å². The second-order valence-electron chi connectivity index (χ2n) is 6.26. The summed E-state index contributed by atoms with van der Waals surface area (Å²) in [5, 5.41) is 19.2. The average molecular weight is 567 g/mol. The summed E-state index contributed by atoms with van der Waals surface area (Å²) in [4.78, 5) is 3.75. The first-order valence-corrected chi connectivity index (χ1v) is 13.1. The minimum atomic E-state index is -4.58. The van der Waals surface area contributed by atoms with Crippen LogP contribution in [0.25, 0.3) is 0 Å². The fraction of sp³-hybridized carbons (Fsp3) is 0.235. The van der Waals surface area contributed by atoms with Crippen molar-refractivity contribution in [2.45, 2.75) is 23.1 Å². The van der Waals surface area contributed by atoms with Crippen LogP contribution >= 0.6 is 23.4 Å². The molecule has 2 aromatic carbocycles. The second kappa shape index (κ2) is 14.5. The minimum Gasteiger partial charge on any atom is -0.862 e. The zero-order valence-electron chi connectivity index (χ0n) is 18.4. The maximum atomic E-state index is 11.5. The molecule has 0 saturated heterocycles. The van der Waals surface area contributed by atoms with Crippen molar-refractivity contribution in [1.82, 2.24) is 0 Å². The third-order valence-corrected chi connectivity index (χ3v) is 6.93. The van der Waals surface area contributed by atoms with Gasteiger partial charge in [-0.05, 0) is 55.3 Å². The van der Waals surface area contributed by atoms with E-state index in [1.807, 2.05) is 0 Å². The summed E-state index contributed by atoms with van der Waals surface area (Å²) < 4.78 is 64.2. The molecule has 0 spiro atoms. The fourth-order valence-electron chi connectivity index (χ4n) is 2.32. The molecule has 2 aromatic rings. The van der Waals surface area contributed by atoms with Crippen LogP contribution in [0.1, 0.15) is 13.3 Å². The van der Waals surface area contributed by atoms with Gasteiger partial charge in [-0.15, -0.1) is 16.9 Å². The first-order chi connectivity index (χ1) is 14.8. The van der Waals surface area contributed by atoms with E-state index in [9.17, 15) is 31.0 Å². The predicted octanol–water partition coefficient (Wildman–Crippen LogP) is -2.97. The van der Waals surface area contributed by atoms with Crippen LogP contribution in [0.2, 0.25) is 5.02 Å². The van der Waals surface area contributed by atoms with Crippen molar-refractivity contribution in [1.29, 1.82) is 0 Å². The molecule has 3 N–H and O–H groups in total. The van der Waals surface area contributed by atoms with Gasteiger partial charge in [-0.2, -0.15) is 13.5 Å². The van der Waals surface area contributed by atoms with Gasteiger partial charge < -0.3 is 15.4 Å². The molecule has 2 rings (SSSR count). The number of halogens is 1. The standard InChI is InChI=1S/C17H19ClN4O7S3.2Na/c1-10(23)20-14-8-13(19)16(30-5-2-6-31(24,25)26)9-15(14)22-21-11-3-4-12(18)17(7-11)32(27,28)29;;/h3-4,7-9H,2,5-6,19H2,1H3,(H,20,23)(H,24,25,26)(H,27,28,29);;/q;2*+1/p-2. The summed E-state index contributed by atoms with van der Waals surface area (Å²) in [5.74, 6) is -0.765. The van der Waals surface area contributed by atoms with Crippen molar-refractivity contribution in [3.05, 3.63) is 35.4 Å². The van der Waals surface area contributed by atoms with Crippen molar-refractivity contribution in [2.75, 3.05) is 17.2 Å². The Balaban J connectivity index is 0.00000544. The number of aliphatic imine (C=N–C) groups is 1. The van der Waals surface area contributed by atoms with Gasteiger partial charge >= 0.3 is 59.1 Å². The molecule has 0 amide bonds. The summed E-state index contributed by atoms with van der Waals surface area (Å²) in [7, 11) is -8.90. The van der Waals surface area contributed by atoms with Crippen molar-refractivity contribution in [3.8, 4) is 0 Å². The number of hydrogen-bond acceptors (Lipinski definition) is 11. The molecular formula is C17H17ClN4Na2O7S3. The van der Waals surface area contributed by atoms with Crippen LogP contribution in [0.3, 0.4) is 0 Å². The first kappa shape index (κ1) is 33.8. The zero-order valence-corrected chi connectivity index (χ0v) is 25.6. The molecule has 0 aliphatic carbocycles. The van der Waals surface area contributed by atoms with Crippen molar-refractivity contribution < 1.29 is 90.2 Å². The number of rotatable bonds is 9. The Morgan fingerprint density at radius 3 is 2.32 bits per heavy atom. The topological polar surface area (TPSA) is 198 Å². The Bertz CT molecular complexity index is 1290. The Kier molecular flexibility index (Phi) is 14.4. The first-order valence-electron chi connectivity index (χ1n) is 8.67. The van der Waals surface area contributed by atoms with E-state index < -0.39 is 36.8 Å². The number of azo groups is 1. The normalized spacial score (nSPS) is 12.3. The van der Waals surface area contributed by atoms with Crippen molar-refractivity contribution in [3.63, 3.8) is 0 Å². The molecule has 11 nitrogen and oxygen atoms in total. The summed E-state index contributed by atoms with van der Waals surface area (Å²) in [6, 6.07) is 6.44. The molecular weight excluding hydrogens is 550 g/mol. The molecule has 0 radical (unpaired) electrons. The largest absolute Gasteiger partial charge is 1.00 e. The number of nitrogens with two attached hydrogens (primary N) is 1. The average Bonchev–Trinajstić information content (AvgIpc) is 2.64. The Morgan fingerprint density at radius 2 is 1.76 bits per heavy atom. The molecule has 0 heterocycles. The molecule has 17 heteroatoms. The molecule has 0 atom stereocenters. The summed E-state index contributed by atoms with van der Waals surface area (Å²) >= 11 is 6.94. The van der Waals surface area contributed by atoms with Crippen LogP contribution in [0.4, 0.5) is 22.7 Å². The van der Waals surface area contributed by atoms with Gasteiger partial charge in [-0.25, -0.2) is 8.42 Å². The smallest absolute Gasteiger partial charge is 0.862 e. The van der Waals surface area contributed by atoms with Crippen LogP contribution in [0, 0.1) is 0 Å². The molecule has 0 aliphatic rings. The summed E-state index contributed by atoms with van der Waals surface area (Å²) in [6.07, 6.45) is 0.107. The van der Waals surface area contributed by atoms with E-state index in [1.54, 1.807) is 0 Å². The minimum absolute atomic E-state index is 0. The summed E-state index contributed by atoms with van der Waals surface area (Å²) in [5.41, 5.74) is 6.49. The number of thioether (sulfide) groups is 1. The number of anilines is 1. The number of nitrogen functional groups attached to an aromatic ring is 1. The van der Waals surface area contributed by atoms with E-state index in [1.165, 1.54) is 43.0 Å². The number of nitrogens with zero attached hydrogens (tertiary/aromatic N) is 3. The Morgan fingerprint density at radius 1 is 1.12 bits per heavy atom. The third kappa shape index (κ3) is 11.2. The Labute approximate surface area is 250 Å². The SMILES string of the molecule is CC([O-])=Nc1cc(N)c(SCCCS(=O)(=O)[O-])cc1N=Nc1ccc(Cl)c(S(=O)(=O)O)c1.[Na+].[Na+]. The van der Waals surface area contributed by atoms with E-state index in [-0.39, 0.29) is 99.1 Å². The van der Waals surface area contributed by atoms with Crippen LogP contribution < -0.4 is 70.0 Å². The maximum absolute atomic E-state index is 11.5. The molecule has 34 heavy (non-hydrogen) atoms. The van der Waals surface area contributed by atoms with Gasteiger partial charge in [0.25, 0.3) is 10.1 Å². The van der Waals surface area contributed by atoms with Crippen molar-refractivity contribution >= 4 is 72.2 Å². The molecule has 0 fully saturated rings. The van der Waals surface area contributed by atoms with Gasteiger partial charge in [0.2, 0.25) is 0 Å². The van der Waals surface area contributed by atoms with Gasteiger partial charge in [0.05, 0.1) is 26.5 Å². The van der Waals surface area contributed by atoms with E-state index in [0.29, 0.717) is 4.90 Å². The van der Waals surface area contributed by atoms with E-state index in [2.05, 4.69) is 15.2 Å². The van der Waals surface area contributed by atoms with E-state index >= 15 is 0 Å². The predicted molar refractivity (Wildman–Crippen MR) is 119 cm³/mol. The summed E-state index contributed by atoms with van der Waals surface area (Å²) in [6.45, 7) is 1.22. The number of hydrogen-bond donors (Lipinski definition) is 2. The second-order valence-corrected chi connectivity index (χ2v) is 10.7. The van der Waals surface area contributed by atoms with Crippen molar-refractivity contribution in [2.24, 2.45) is 15.2 Å². The fourth-order valence-corrected chi connectivity index (χ4v) is 4.92. The van der Waals surface area contributed by atoms with E-state index in [4.69, 9.17) is 17.3 Å². The van der Waals surface area contributed by atoms with Gasteiger partial charge in [0, 0.05) is 16.3 Å². The Hall–Kier alpha value is -0.230. The molecule has 0 unspecified atom stereocenters. The zero-order chi connectivity index (χ0) is 24.1. The third-order valence-electron chi connectivity index (χ3n) is 3.65. The van der Waals surface area contributed by atoms with Crippen LogP contribution in [-0.4, -0.2) is 43.3 Å². The quantitative estimate of drug-likeness (QED) is 0.0465. The van der Waals surface area contributed by atoms with E-state index in [0.717, 1.165) is 6.07 Å². The van der Waals surface area contributed by atoms with Gasteiger partial charge in [-0.3, -0.25) is 9.55 Å².